The molecule has 98 valence electrons. The van der Waals surface area contributed by atoms with Crippen LogP contribution in [0.25, 0.3) is 0 Å². The van der Waals surface area contributed by atoms with Crippen molar-refractivity contribution in [3.63, 3.8) is 0 Å². The predicted molar refractivity (Wildman–Crippen MR) is 66.4 cm³/mol. The van der Waals surface area contributed by atoms with E-state index < -0.39 is 5.97 Å². The Kier molecular flexibility index (Phi) is 3.12. The van der Waals surface area contributed by atoms with E-state index in [1.807, 2.05) is 0 Å². The van der Waals surface area contributed by atoms with Gasteiger partial charge in [0.2, 0.25) is 0 Å². The number of aryl methyl sites for hydroxylation is 1. The first-order valence-electron chi connectivity index (χ1n) is 6.79. The molecule has 0 saturated carbocycles. The Hall–Kier alpha value is -1.29. The number of nitrogens with zero attached hydrogens (tertiary/aromatic N) is 1. The van der Waals surface area contributed by atoms with Crippen molar-refractivity contribution in [1.29, 1.82) is 0 Å². The molecule has 18 heavy (non-hydrogen) atoms. The highest BCUT2D eigenvalue weighted by molar-refractivity contribution is 5.67. The molecular formula is C14H19NO3. The van der Waals surface area contributed by atoms with Gasteiger partial charge in [0.1, 0.15) is 5.76 Å². The molecule has 1 N–H and O–H groups in total. The molecule has 2 aliphatic rings. The van der Waals surface area contributed by atoms with Gasteiger partial charge in [0.15, 0.2) is 0 Å². The number of furan rings is 1. The summed E-state index contributed by atoms with van der Waals surface area (Å²) in [5.74, 6) is 0.419. The average Bonchev–Trinajstić information content (AvgIpc) is 2.95. The summed E-state index contributed by atoms with van der Waals surface area (Å²) >= 11 is 0. The van der Waals surface area contributed by atoms with Crippen LogP contribution in [0.15, 0.2) is 16.7 Å². The molecule has 1 saturated heterocycles. The molecule has 1 aliphatic heterocycles. The van der Waals surface area contributed by atoms with Crippen molar-refractivity contribution in [2.45, 2.75) is 50.6 Å². The first-order valence-corrected chi connectivity index (χ1v) is 6.79. The molecule has 1 fully saturated rings. The zero-order valence-corrected chi connectivity index (χ0v) is 10.5. The van der Waals surface area contributed by atoms with Crippen molar-refractivity contribution < 1.29 is 14.3 Å². The Morgan fingerprint density at radius 2 is 2.33 bits per heavy atom. The van der Waals surface area contributed by atoms with E-state index in [0.29, 0.717) is 6.04 Å². The van der Waals surface area contributed by atoms with Gasteiger partial charge in [0, 0.05) is 24.1 Å². The first kappa shape index (κ1) is 11.8. The Morgan fingerprint density at radius 1 is 1.44 bits per heavy atom. The molecule has 2 atom stereocenters. The van der Waals surface area contributed by atoms with Crippen molar-refractivity contribution in [2.24, 2.45) is 0 Å². The lowest BCUT2D eigenvalue weighted by atomic mass is 9.91. The van der Waals surface area contributed by atoms with Crippen molar-refractivity contribution >= 4 is 5.97 Å². The summed E-state index contributed by atoms with van der Waals surface area (Å²) in [6.07, 6.45) is 7.45. The summed E-state index contributed by atoms with van der Waals surface area (Å²) in [5, 5.41) is 9.00. The van der Waals surface area contributed by atoms with Gasteiger partial charge in [0.25, 0.3) is 0 Å². The second-order valence-electron chi connectivity index (χ2n) is 5.34. The number of carboxylic acids is 1. The van der Waals surface area contributed by atoms with Gasteiger partial charge in [-0.05, 0) is 38.3 Å². The largest absolute Gasteiger partial charge is 0.481 e. The third-order valence-electron chi connectivity index (χ3n) is 4.25. The van der Waals surface area contributed by atoms with Gasteiger partial charge in [-0.15, -0.1) is 0 Å². The van der Waals surface area contributed by atoms with Crippen molar-refractivity contribution in [3.05, 3.63) is 23.7 Å². The summed E-state index contributed by atoms with van der Waals surface area (Å²) < 4.78 is 5.52. The number of carbonyl (C=O) groups is 1. The van der Waals surface area contributed by atoms with Gasteiger partial charge in [-0.3, -0.25) is 9.69 Å². The number of carboxylic acid groups (broad SMARTS) is 1. The van der Waals surface area contributed by atoms with Gasteiger partial charge >= 0.3 is 5.97 Å². The van der Waals surface area contributed by atoms with Gasteiger partial charge < -0.3 is 9.52 Å². The van der Waals surface area contributed by atoms with E-state index in [0.717, 1.165) is 44.4 Å². The summed E-state index contributed by atoms with van der Waals surface area (Å²) in [5.41, 5.74) is 1.29. The Labute approximate surface area is 107 Å². The number of aliphatic carboxylic acids is 1. The molecule has 2 unspecified atom stereocenters. The van der Waals surface area contributed by atoms with Crippen LogP contribution in [-0.2, 0) is 11.2 Å². The minimum Gasteiger partial charge on any atom is -0.481 e. The maximum atomic E-state index is 10.9. The Balaban J connectivity index is 1.81. The van der Waals surface area contributed by atoms with E-state index in [9.17, 15) is 4.79 Å². The number of hydrogen-bond donors (Lipinski definition) is 1. The molecule has 1 aliphatic carbocycles. The molecule has 4 nitrogen and oxygen atoms in total. The lowest BCUT2D eigenvalue weighted by molar-refractivity contribution is -0.138. The molecule has 0 amide bonds. The van der Waals surface area contributed by atoms with Crippen LogP contribution >= 0.6 is 0 Å². The van der Waals surface area contributed by atoms with Crippen LogP contribution in [0.3, 0.4) is 0 Å². The molecule has 2 heterocycles. The maximum Gasteiger partial charge on any atom is 0.304 e. The van der Waals surface area contributed by atoms with Gasteiger partial charge in [-0.2, -0.15) is 0 Å². The van der Waals surface area contributed by atoms with Crippen LogP contribution in [-0.4, -0.2) is 28.6 Å². The summed E-state index contributed by atoms with van der Waals surface area (Å²) in [6.45, 7) is 1.02. The van der Waals surface area contributed by atoms with Crippen LogP contribution in [0.5, 0.6) is 0 Å². The number of hydrogen-bond acceptors (Lipinski definition) is 3. The molecule has 0 spiro atoms. The standard InChI is InChI=1S/C14H19NO3/c16-14(17)9-10-3-2-7-15(10)12-4-1-5-13-11(12)6-8-18-13/h6,8,10,12H,1-5,7,9H2,(H,16,17). The third-order valence-corrected chi connectivity index (χ3v) is 4.25. The fourth-order valence-corrected chi connectivity index (χ4v) is 3.50. The van der Waals surface area contributed by atoms with Crippen LogP contribution in [0.4, 0.5) is 0 Å². The zero-order valence-electron chi connectivity index (χ0n) is 10.5. The fraction of sp³-hybridized carbons (Fsp3) is 0.643. The SMILES string of the molecule is O=C(O)CC1CCCN1C1CCCc2occc21. The van der Waals surface area contributed by atoms with E-state index >= 15 is 0 Å². The average molecular weight is 249 g/mol. The summed E-state index contributed by atoms with van der Waals surface area (Å²) in [6, 6.07) is 2.64. The van der Waals surface area contributed by atoms with Crippen LogP contribution < -0.4 is 0 Å². The minimum atomic E-state index is -0.685. The predicted octanol–water partition coefficient (Wildman–Crippen LogP) is 2.60. The first-order chi connectivity index (χ1) is 8.75. The molecule has 0 aromatic carbocycles. The molecule has 0 bridgehead atoms. The Morgan fingerprint density at radius 3 is 3.17 bits per heavy atom. The minimum absolute atomic E-state index is 0.202. The number of likely N-dealkylation sites (tertiary alicyclic amines) is 1. The van der Waals surface area contributed by atoms with Gasteiger partial charge in [-0.1, -0.05) is 0 Å². The molecular weight excluding hydrogens is 230 g/mol. The Bertz CT molecular complexity index is 440. The lowest BCUT2D eigenvalue weighted by Gasteiger charge is -2.34. The van der Waals surface area contributed by atoms with E-state index in [2.05, 4.69) is 11.0 Å². The van der Waals surface area contributed by atoms with E-state index in [4.69, 9.17) is 9.52 Å². The number of rotatable bonds is 3. The molecule has 1 aromatic rings. The quantitative estimate of drug-likeness (QED) is 0.894. The monoisotopic (exact) mass is 249 g/mol. The van der Waals surface area contributed by atoms with E-state index in [1.54, 1.807) is 6.26 Å². The van der Waals surface area contributed by atoms with Crippen LogP contribution in [0, 0.1) is 0 Å². The molecule has 0 radical (unpaired) electrons. The summed E-state index contributed by atoms with van der Waals surface area (Å²) in [7, 11) is 0. The van der Waals surface area contributed by atoms with Gasteiger partial charge in [0.05, 0.1) is 12.7 Å². The fourth-order valence-electron chi connectivity index (χ4n) is 3.50. The molecule has 4 heteroatoms. The normalized spacial score (nSPS) is 28.2. The lowest BCUT2D eigenvalue weighted by Crippen LogP contribution is -2.36. The highest BCUT2D eigenvalue weighted by atomic mass is 16.4. The molecule has 3 rings (SSSR count). The van der Waals surface area contributed by atoms with Crippen molar-refractivity contribution in [1.82, 2.24) is 4.90 Å². The number of fused-ring (bicyclic) bond motifs is 1. The highest BCUT2D eigenvalue weighted by Crippen LogP contribution is 2.39. The van der Waals surface area contributed by atoms with E-state index in [-0.39, 0.29) is 12.5 Å². The van der Waals surface area contributed by atoms with Crippen LogP contribution in [0.1, 0.15) is 49.5 Å². The van der Waals surface area contributed by atoms with Crippen molar-refractivity contribution in [3.8, 4) is 0 Å². The van der Waals surface area contributed by atoms with Gasteiger partial charge in [-0.25, -0.2) is 0 Å². The highest BCUT2D eigenvalue weighted by Gasteiger charge is 2.35. The second kappa shape index (κ2) is 4.76. The molecule has 1 aromatic heterocycles. The van der Waals surface area contributed by atoms with Crippen molar-refractivity contribution in [2.75, 3.05) is 6.54 Å². The summed E-state index contributed by atoms with van der Waals surface area (Å²) in [4.78, 5) is 13.3. The van der Waals surface area contributed by atoms with E-state index in [1.165, 1.54) is 5.56 Å². The maximum absolute atomic E-state index is 10.9. The zero-order chi connectivity index (χ0) is 12.5. The topological polar surface area (TPSA) is 53.7 Å². The smallest absolute Gasteiger partial charge is 0.304 e. The van der Waals surface area contributed by atoms with Crippen LogP contribution in [0.2, 0.25) is 0 Å². The second-order valence-corrected chi connectivity index (χ2v) is 5.34. The third kappa shape index (κ3) is 2.05.